The number of hydrogen-bond acceptors (Lipinski definition) is 4. The van der Waals surface area contributed by atoms with Gasteiger partial charge in [-0.05, 0) is 36.1 Å². The minimum atomic E-state index is -0.870. The number of pyridine rings is 1. The molecule has 2 aromatic rings. The molecule has 3 atom stereocenters. The summed E-state index contributed by atoms with van der Waals surface area (Å²) in [4.78, 5) is 53.3. The summed E-state index contributed by atoms with van der Waals surface area (Å²) in [6, 6.07) is 10.9. The molecule has 166 valence electrons. The highest BCUT2D eigenvalue weighted by atomic mass is 35.5. The molecule has 3 aliphatic heterocycles. The summed E-state index contributed by atoms with van der Waals surface area (Å²) < 4.78 is 1.81. The average molecular weight is 455 g/mol. The van der Waals surface area contributed by atoms with Crippen LogP contribution in [0.2, 0.25) is 5.02 Å². The third kappa shape index (κ3) is 3.79. The standard InChI is InChI=1S/C23H23ClN4O4/c24-17-4-1-3-14(8-17)11-28-22(31)18(25-23(28)32)9-21(30)26-10-15-7-16(13-26)19-5-2-6-20(29)27(19)12-15/h1-6,8,15-16,18H,7,9-13H2,(H,25,32)/t15-,16+,18-/m0/s1. The number of benzene rings is 1. The molecule has 1 N–H and O–H groups in total. The molecule has 5 rings (SSSR count). The largest absolute Gasteiger partial charge is 0.342 e. The molecule has 2 saturated heterocycles. The van der Waals surface area contributed by atoms with Crippen LogP contribution in [0.25, 0.3) is 0 Å². The van der Waals surface area contributed by atoms with E-state index in [-0.39, 0.29) is 36.3 Å². The second-order valence-electron chi connectivity index (χ2n) is 8.76. The molecular formula is C23H23ClN4O4. The SMILES string of the molecule is O=C(C[C@@H]1NC(=O)N(Cc2cccc(Cl)c2)C1=O)N1C[C@@H]2C[C@H](C1)c1cccc(=O)n1C2. The van der Waals surface area contributed by atoms with Crippen LogP contribution >= 0.6 is 11.6 Å². The van der Waals surface area contributed by atoms with E-state index in [9.17, 15) is 19.2 Å². The number of nitrogens with zero attached hydrogens (tertiary/aromatic N) is 3. The van der Waals surface area contributed by atoms with Gasteiger partial charge in [-0.1, -0.05) is 29.8 Å². The van der Waals surface area contributed by atoms with Gasteiger partial charge >= 0.3 is 6.03 Å². The summed E-state index contributed by atoms with van der Waals surface area (Å²) in [7, 11) is 0. The Morgan fingerprint density at radius 1 is 1.06 bits per heavy atom. The lowest BCUT2D eigenvalue weighted by Gasteiger charge is -2.43. The van der Waals surface area contributed by atoms with Crippen LogP contribution in [-0.2, 0) is 22.7 Å². The number of likely N-dealkylation sites (tertiary alicyclic amines) is 1. The van der Waals surface area contributed by atoms with Crippen molar-refractivity contribution in [1.82, 2.24) is 19.7 Å². The number of amides is 4. The van der Waals surface area contributed by atoms with E-state index in [1.807, 2.05) is 10.6 Å². The molecule has 0 radical (unpaired) electrons. The minimum Gasteiger partial charge on any atom is -0.342 e. The van der Waals surface area contributed by atoms with Crippen LogP contribution in [0.3, 0.4) is 0 Å². The van der Waals surface area contributed by atoms with Gasteiger partial charge in [0, 0.05) is 42.3 Å². The smallest absolute Gasteiger partial charge is 0.325 e. The van der Waals surface area contributed by atoms with Gasteiger partial charge in [-0.2, -0.15) is 0 Å². The van der Waals surface area contributed by atoms with Gasteiger partial charge in [-0.25, -0.2) is 4.79 Å². The molecule has 2 fully saturated rings. The molecule has 0 unspecified atom stereocenters. The van der Waals surface area contributed by atoms with Gasteiger partial charge < -0.3 is 14.8 Å². The van der Waals surface area contributed by atoms with Crippen molar-refractivity contribution in [3.63, 3.8) is 0 Å². The maximum atomic E-state index is 13.0. The number of carbonyl (C=O) groups is 3. The van der Waals surface area contributed by atoms with Crippen LogP contribution in [-0.4, -0.2) is 51.3 Å². The number of hydrogen-bond donors (Lipinski definition) is 1. The zero-order valence-electron chi connectivity index (χ0n) is 17.4. The maximum Gasteiger partial charge on any atom is 0.325 e. The topological polar surface area (TPSA) is 91.7 Å². The number of urea groups is 1. The monoisotopic (exact) mass is 454 g/mol. The zero-order valence-corrected chi connectivity index (χ0v) is 18.1. The van der Waals surface area contributed by atoms with Crippen LogP contribution in [0.5, 0.6) is 0 Å². The molecule has 32 heavy (non-hydrogen) atoms. The van der Waals surface area contributed by atoms with E-state index in [1.165, 1.54) is 0 Å². The molecule has 1 aromatic carbocycles. The van der Waals surface area contributed by atoms with Crippen molar-refractivity contribution in [2.24, 2.45) is 5.92 Å². The highest BCUT2D eigenvalue weighted by Crippen LogP contribution is 2.35. The lowest BCUT2D eigenvalue weighted by molar-refractivity contribution is -0.137. The molecule has 3 aliphatic rings. The van der Waals surface area contributed by atoms with E-state index in [1.54, 1.807) is 41.3 Å². The fraction of sp³-hybridized carbons (Fsp3) is 0.391. The number of rotatable bonds is 4. The summed E-state index contributed by atoms with van der Waals surface area (Å²) in [6.07, 6.45) is 0.872. The van der Waals surface area contributed by atoms with E-state index < -0.39 is 18.0 Å². The van der Waals surface area contributed by atoms with E-state index in [4.69, 9.17) is 11.6 Å². The van der Waals surface area contributed by atoms with Gasteiger partial charge in [0.1, 0.15) is 6.04 Å². The zero-order chi connectivity index (χ0) is 22.4. The van der Waals surface area contributed by atoms with Gasteiger partial charge in [0.2, 0.25) is 5.91 Å². The summed E-state index contributed by atoms with van der Waals surface area (Å²) in [5, 5.41) is 3.17. The molecule has 9 heteroatoms. The molecular weight excluding hydrogens is 432 g/mol. The van der Waals surface area contributed by atoms with Crippen molar-refractivity contribution < 1.29 is 14.4 Å². The molecule has 0 aliphatic carbocycles. The Balaban J connectivity index is 1.25. The Bertz CT molecular complexity index is 1160. The van der Waals surface area contributed by atoms with Gasteiger partial charge in [0.05, 0.1) is 13.0 Å². The van der Waals surface area contributed by atoms with Crippen LogP contribution in [0.15, 0.2) is 47.3 Å². The predicted molar refractivity (Wildman–Crippen MR) is 117 cm³/mol. The quantitative estimate of drug-likeness (QED) is 0.715. The Labute approximate surface area is 189 Å². The summed E-state index contributed by atoms with van der Waals surface area (Å²) in [5.74, 6) is -0.251. The van der Waals surface area contributed by atoms with Crippen molar-refractivity contribution in [1.29, 1.82) is 0 Å². The third-order valence-electron chi connectivity index (χ3n) is 6.55. The Morgan fingerprint density at radius 3 is 2.69 bits per heavy atom. The number of aromatic nitrogens is 1. The number of piperidine rings is 1. The van der Waals surface area contributed by atoms with Crippen LogP contribution in [0.1, 0.15) is 30.0 Å². The number of imide groups is 1. The van der Waals surface area contributed by atoms with Gasteiger partial charge in [0.25, 0.3) is 11.5 Å². The van der Waals surface area contributed by atoms with Gasteiger partial charge in [-0.15, -0.1) is 0 Å². The Morgan fingerprint density at radius 2 is 1.88 bits per heavy atom. The number of halogens is 1. The second-order valence-corrected chi connectivity index (χ2v) is 9.19. The summed E-state index contributed by atoms with van der Waals surface area (Å²) in [6.45, 7) is 1.77. The molecule has 2 bridgehead atoms. The first kappa shape index (κ1) is 20.8. The highest BCUT2D eigenvalue weighted by molar-refractivity contribution is 6.30. The van der Waals surface area contributed by atoms with Crippen LogP contribution in [0, 0.1) is 5.92 Å². The van der Waals surface area contributed by atoms with E-state index in [0.717, 1.165) is 22.6 Å². The Hall–Kier alpha value is -3.13. The molecule has 4 heterocycles. The molecule has 1 aromatic heterocycles. The first-order valence-electron chi connectivity index (χ1n) is 10.7. The number of nitrogens with one attached hydrogen (secondary N) is 1. The summed E-state index contributed by atoms with van der Waals surface area (Å²) in [5.41, 5.74) is 1.70. The van der Waals surface area contributed by atoms with Crippen molar-refractivity contribution in [2.75, 3.05) is 13.1 Å². The first-order chi connectivity index (χ1) is 15.4. The van der Waals surface area contributed by atoms with Gasteiger partial charge in [-0.3, -0.25) is 19.3 Å². The molecule has 4 amide bonds. The molecule has 0 spiro atoms. The molecule has 0 saturated carbocycles. The predicted octanol–water partition coefficient (Wildman–Crippen LogP) is 1.96. The van der Waals surface area contributed by atoms with Crippen LogP contribution in [0.4, 0.5) is 4.79 Å². The first-order valence-corrected chi connectivity index (χ1v) is 11.1. The average Bonchev–Trinajstić information content (AvgIpc) is 3.02. The summed E-state index contributed by atoms with van der Waals surface area (Å²) >= 11 is 5.99. The highest BCUT2D eigenvalue weighted by Gasteiger charge is 2.41. The van der Waals surface area contributed by atoms with Crippen LogP contribution < -0.4 is 10.9 Å². The van der Waals surface area contributed by atoms with E-state index >= 15 is 0 Å². The number of carbonyl (C=O) groups excluding carboxylic acids is 3. The lowest BCUT2D eigenvalue weighted by Crippen LogP contribution is -2.50. The normalized spacial score (nSPS) is 24.3. The number of fused-ring (bicyclic) bond motifs is 4. The van der Waals surface area contributed by atoms with Crippen molar-refractivity contribution in [3.8, 4) is 0 Å². The third-order valence-corrected chi connectivity index (χ3v) is 6.78. The lowest BCUT2D eigenvalue weighted by atomic mass is 9.83. The molecule has 8 nitrogen and oxygen atoms in total. The minimum absolute atomic E-state index is 0.00367. The van der Waals surface area contributed by atoms with Crippen molar-refractivity contribution in [2.45, 2.75) is 37.9 Å². The van der Waals surface area contributed by atoms with E-state index in [2.05, 4.69) is 5.32 Å². The fourth-order valence-corrected chi connectivity index (χ4v) is 5.30. The maximum absolute atomic E-state index is 13.0. The Kier molecular flexibility index (Phi) is 5.25. The van der Waals surface area contributed by atoms with E-state index in [0.29, 0.717) is 24.7 Å². The second kappa shape index (κ2) is 8.09. The van der Waals surface area contributed by atoms with Gasteiger partial charge in [0.15, 0.2) is 0 Å². The van der Waals surface area contributed by atoms with Crippen molar-refractivity contribution >= 4 is 29.4 Å². The fourth-order valence-electron chi connectivity index (χ4n) is 5.09. The van der Waals surface area contributed by atoms with Crippen molar-refractivity contribution in [3.05, 3.63) is 69.1 Å².